The molecule has 0 fully saturated rings. The largest absolute Gasteiger partial charge is 0.247 e. The minimum atomic E-state index is -0.454. The average Bonchev–Trinajstić information content (AvgIpc) is 2.23. The quantitative estimate of drug-likeness (QED) is 0.562. The highest BCUT2D eigenvalue weighted by atomic mass is 32.1. The highest BCUT2D eigenvalue weighted by Crippen LogP contribution is 1.98. The van der Waals surface area contributed by atoms with E-state index in [1.165, 1.54) is 0 Å². The molecule has 0 bridgehead atoms. The lowest BCUT2D eigenvalue weighted by molar-refractivity contribution is 0.585. The molecule has 0 aliphatic rings. The number of hydrogen-bond donors (Lipinski definition) is 0. The minimum absolute atomic E-state index is 0.380. The van der Waals surface area contributed by atoms with Crippen LogP contribution in [0.5, 0.6) is 0 Å². The molecule has 1 aromatic rings. The van der Waals surface area contributed by atoms with Crippen LogP contribution in [0, 0.1) is 12.9 Å². The predicted octanol–water partition coefficient (Wildman–Crippen LogP) is 2.01. The summed E-state index contributed by atoms with van der Waals surface area (Å²) in [5.74, 6) is -0.454. The van der Waals surface area contributed by atoms with Crippen LogP contribution in [0.3, 0.4) is 0 Å². The molecule has 1 rings (SSSR count). The zero-order valence-corrected chi connectivity index (χ0v) is 6.50. The van der Waals surface area contributed by atoms with Crippen molar-refractivity contribution in [3.63, 3.8) is 0 Å². The molecule has 0 atom stereocenters. The smallest absolute Gasteiger partial charge is 0.182 e. The van der Waals surface area contributed by atoms with Crippen LogP contribution in [0.25, 0.3) is 0 Å². The van der Waals surface area contributed by atoms with Gasteiger partial charge in [0.25, 0.3) is 0 Å². The third-order valence-electron chi connectivity index (χ3n) is 0.597. The number of rotatable bonds is 0. The van der Waals surface area contributed by atoms with Gasteiger partial charge in [-0.2, -0.15) is 8.76 Å². The van der Waals surface area contributed by atoms with E-state index in [1.54, 1.807) is 6.92 Å². The summed E-state index contributed by atoms with van der Waals surface area (Å²) in [6.07, 6.45) is 0. The highest BCUT2D eigenvalue weighted by molar-refractivity contribution is 6.99. The predicted molar refractivity (Wildman–Crippen MR) is 36.0 cm³/mol. The van der Waals surface area contributed by atoms with Gasteiger partial charge in [-0.05, 0) is 6.92 Å². The molecule has 0 N–H and O–H groups in total. The lowest BCUT2D eigenvalue weighted by atomic mass is 10.6. The summed E-state index contributed by atoms with van der Waals surface area (Å²) < 4.78 is 18.8. The fraction of sp³-hybridized carbons (Fsp3) is 0.600. The molecule has 0 aliphatic heterocycles. The van der Waals surface area contributed by atoms with Gasteiger partial charge in [-0.25, -0.2) is 0 Å². The Labute approximate surface area is 58.1 Å². The Morgan fingerprint density at radius 1 is 1.33 bits per heavy atom. The second-order valence-corrected chi connectivity index (χ2v) is 1.67. The molecule has 0 aromatic carbocycles. The summed E-state index contributed by atoms with van der Waals surface area (Å²) in [5.41, 5.74) is 0.380. The van der Waals surface area contributed by atoms with E-state index in [-0.39, 0.29) is 0 Å². The van der Waals surface area contributed by atoms with Gasteiger partial charge in [-0.3, -0.25) is 0 Å². The summed E-state index contributed by atoms with van der Waals surface area (Å²) in [4.78, 5) is 0. The van der Waals surface area contributed by atoms with Crippen LogP contribution >= 0.6 is 11.7 Å². The van der Waals surface area contributed by atoms with Crippen molar-refractivity contribution in [3.05, 3.63) is 11.6 Å². The standard InChI is InChI=1S/C3H3FN2S.C2H6/c1-2-3(4)6-7-5-2;1-2/h1H3;1-2H3. The molecule has 4 heteroatoms. The Bertz CT molecular complexity index is 147. The Morgan fingerprint density at radius 2 is 1.89 bits per heavy atom. The zero-order valence-electron chi connectivity index (χ0n) is 5.68. The molecule has 0 saturated carbocycles. The zero-order chi connectivity index (χ0) is 7.28. The van der Waals surface area contributed by atoms with E-state index < -0.39 is 5.95 Å². The van der Waals surface area contributed by atoms with Gasteiger partial charge < -0.3 is 0 Å². The fourth-order valence-electron chi connectivity index (χ4n) is 0.221. The number of hydrogen-bond acceptors (Lipinski definition) is 3. The maximum Gasteiger partial charge on any atom is 0.247 e. The second-order valence-electron chi connectivity index (χ2n) is 1.14. The Kier molecular flexibility index (Phi) is 4.13. The first kappa shape index (κ1) is 8.49. The normalized spacial score (nSPS) is 8.00. The van der Waals surface area contributed by atoms with Crippen LogP contribution in [-0.2, 0) is 0 Å². The van der Waals surface area contributed by atoms with E-state index in [4.69, 9.17) is 0 Å². The van der Waals surface area contributed by atoms with Gasteiger partial charge in [0.2, 0.25) is 5.95 Å². The van der Waals surface area contributed by atoms with E-state index in [9.17, 15) is 4.39 Å². The molecule has 0 spiro atoms. The SMILES string of the molecule is CC.Cc1nsnc1F. The summed E-state index contributed by atoms with van der Waals surface area (Å²) in [6.45, 7) is 5.58. The summed E-state index contributed by atoms with van der Waals surface area (Å²) in [7, 11) is 0. The maximum absolute atomic E-state index is 11.9. The van der Waals surface area contributed by atoms with E-state index in [2.05, 4.69) is 8.75 Å². The van der Waals surface area contributed by atoms with Gasteiger partial charge in [-0.15, -0.1) is 4.37 Å². The summed E-state index contributed by atoms with van der Waals surface area (Å²) in [5, 5.41) is 0. The van der Waals surface area contributed by atoms with Crippen LogP contribution < -0.4 is 0 Å². The molecule has 0 aliphatic carbocycles. The number of aryl methyl sites for hydroxylation is 1. The molecule has 52 valence electrons. The van der Waals surface area contributed by atoms with Gasteiger partial charge in [0.05, 0.1) is 11.7 Å². The third kappa shape index (κ3) is 2.51. The van der Waals surface area contributed by atoms with E-state index in [1.807, 2.05) is 13.8 Å². The van der Waals surface area contributed by atoms with E-state index >= 15 is 0 Å². The summed E-state index contributed by atoms with van der Waals surface area (Å²) in [6, 6.07) is 0. The monoisotopic (exact) mass is 148 g/mol. The molecule has 2 nitrogen and oxygen atoms in total. The molecule has 1 aromatic heterocycles. The van der Waals surface area contributed by atoms with Gasteiger partial charge in [-0.1, -0.05) is 13.8 Å². The van der Waals surface area contributed by atoms with Crippen LogP contribution in [0.1, 0.15) is 19.5 Å². The highest BCUT2D eigenvalue weighted by Gasteiger charge is 1.96. The Balaban J connectivity index is 0.000000291. The van der Waals surface area contributed by atoms with E-state index in [0.717, 1.165) is 11.7 Å². The molecule has 9 heavy (non-hydrogen) atoms. The van der Waals surface area contributed by atoms with Crippen LogP contribution in [0.4, 0.5) is 4.39 Å². The van der Waals surface area contributed by atoms with E-state index in [0.29, 0.717) is 5.69 Å². The van der Waals surface area contributed by atoms with Crippen LogP contribution in [-0.4, -0.2) is 8.75 Å². The second kappa shape index (κ2) is 4.38. The lowest BCUT2D eigenvalue weighted by Gasteiger charge is -1.70. The number of halogens is 1. The maximum atomic E-state index is 11.9. The molecule has 0 radical (unpaired) electrons. The molecule has 1 heterocycles. The molecule has 0 amide bonds. The fourth-order valence-corrected chi connectivity index (χ4v) is 0.664. The molecular formula is C5H9FN2S. The summed E-state index contributed by atoms with van der Waals surface area (Å²) >= 11 is 0.891. The average molecular weight is 148 g/mol. The molecule has 0 unspecified atom stereocenters. The Hall–Kier alpha value is -0.510. The first-order valence-electron chi connectivity index (χ1n) is 2.75. The first-order valence-corrected chi connectivity index (χ1v) is 3.48. The minimum Gasteiger partial charge on any atom is -0.182 e. The molecular weight excluding hydrogens is 139 g/mol. The number of aromatic nitrogens is 2. The van der Waals surface area contributed by atoms with Crippen molar-refractivity contribution in [3.8, 4) is 0 Å². The van der Waals surface area contributed by atoms with Gasteiger partial charge in [0.1, 0.15) is 5.69 Å². The van der Waals surface area contributed by atoms with Crippen molar-refractivity contribution >= 4 is 11.7 Å². The number of nitrogens with zero attached hydrogens (tertiary/aromatic N) is 2. The third-order valence-corrected chi connectivity index (χ3v) is 1.19. The van der Waals surface area contributed by atoms with Gasteiger partial charge in [0.15, 0.2) is 0 Å². The molecule has 0 saturated heterocycles. The Morgan fingerprint density at radius 3 is 2.00 bits per heavy atom. The van der Waals surface area contributed by atoms with Crippen molar-refractivity contribution < 1.29 is 4.39 Å². The van der Waals surface area contributed by atoms with Crippen molar-refractivity contribution in [2.45, 2.75) is 20.8 Å². The van der Waals surface area contributed by atoms with Crippen LogP contribution in [0.15, 0.2) is 0 Å². The lowest BCUT2D eigenvalue weighted by Crippen LogP contribution is -1.73. The van der Waals surface area contributed by atoms with Crippen molar-refractivity contribution in [1.29, 1.82) is 0 Å². The van der Waals surface area contributed by atoms with Crippen molar-refractivity contribution in [2.75, 3.05) is 0 Å². The van der Waals surface area contributed by atoms with Crippen molar-refractivity contribution in [2.24, 2.45) is 0 Å². The topological polar surface area (TPSA) is 25.8 Å². The van der Waals surface area contributed by atoms with Crippen molar-refractivity contribution in [1.82, 2.24) is 8.75 Å². The van der Waals surface area contributed by atoms with Gasteiger partial charge in [0, 0.05) is 0 Å². The van der Waals surface area contributed by atoms with Crippen LogP contribution in [0.2, 0.25) is 0 Å². The van der Waals surface area contributed by atoms with Gasteiger partial charge >= 0.3 is 0 Å². The first-order chi connectivity index (χ1) is 4.30.